The van der Waals surface area contributed by atoms with E-state index in [-0.39, 0.29) is 31.1 Å². The molecule has 38 heavy (non-hydrogen) atoms. The van der Waals surface area contributed by atoms with Gasteiger partial charge in [0.25, 0.3) is 0 Å². The number of furan rings is 1. The third-order valence-electron chi connectivity index (χ3n) is 6.82. The van der Waals surface area contributed by atoms with Crippen LogP contribution in [0.4, 0.5) is 13.6 Å². The number of benzene rings is 2. The lowest BCUT2D eigenvalue weighted by molar-refractivity contribution is -0.0148. The summed E-state index contributed by atoms with van der Waals surface area (Å²) >= 11 is 6.49. The Morgan fingerprint density at radius 1 is 1.08 bits per heavy atom. The molecule has 1 aromatic heterocycles. The summed E-state index contributed by atoms with van der Waals surface area (Å²) in [5.74, 6) is -1.81. The van der Waals surface area contributed by atoms with Gasteiger partial charge in [0.1, 0.15) is 11.4 Å². The molecule has 4 rings (SSSR count). The van der Waals surface area contributed by atoms with E-state index in [4.69, 9.17) is 20.8 Å². The molecule has 1 N–H and O–H groups in total. The van der Waals surface area contributed by atoms with Crippen LogP contribution in [0.15, 0.2) is 46.9 Å². The van der Waals surface area contributed by atoms with Crippen molar-refractivity contribution in [1.82, 2.24) is 5.32 Å². The third kappa shape index (κ3) is 7.56. The number of hydrogen-bond acceptors (Lipinski definition) is 4. The lowest BCUT2D eigenvalue weighted by Gasteiger charge is -2.19. The highest BCUT2D eigenvalue weighted by atomic mass is 35.5. The summed E-state index contributed by atoms with van der Waals surface area (Å²) in [5.41, 5.74) is 2.31. The maximum absolute atomic E-state index is 13.6. The largest absolute Gasteiger partial charge is 0.458 e. The van der Waals surface area contributed by atoms with Crippen LogP contribution in [0.5, 0.6) is 0 Å². The van der Waals surface area contributed by atoms with Gasteiger partial charge >= 0.3 is 6.09 Å². The number of ketones is 1. The molecule has 0 spiro atoms. The molecule has 204 valence electrons. The SMILES string of the molecule is CC(C)(C)OC(=O)NCc1cc2cc(-c3ccc(C(=O)CCC4CCCC(F)(F)CC4)cc3)cc(Cl)c2o1. The van der Waals surface area contributed by atoms with Crippen LogP contribution in [0.3, 0.4) is 0 Å². The molecule has 1 atom stereocenters. The summed E-state index contributed by atoms with van der Waals surface area (Å²) in [4.78, 5) is 24.7. The fourth-order valence-electron chi connectivity index (χ4n) is 4.84. The molecule has 5 nitrogen and oxygen atoms in total. The Balaban J connectivity index is 1.38. The minimum atomic E-state index is -2.56. The van der Waals surface area contributed by atoms with Gasteiger partial charge in [0.15, 0.2) is 11.4 Å². The van der Waals surface area contributed by atoms with Crippen molar-refractivity contribution in [3.8, 4) is 11.1 Å². The van der Waals surface area contributed by atoms with E-state index < -0.39 is 17.6 Å². The molecule has 1 amide bonds. The molecule has 8 heteroatoms. The minimum absolute atomic E-state index is 0.0259. The number of hydrogen-bond donors (Lipinski definition) is 1. The van der Waals surface area contributed by atoms with Crippen LogP contribution in [0, 0.1) is 5.92 Å². The van der Waals surface area contributed by atoms with Crippen LogP contribution in [0.1, 0.15) is 81.8 Å². The van der Waals surface area contributed by atoms with Gasteiger partial charge in [-0.05, 0) is 75.3 Å². The van der Waals surface area contributed by atoms with Crippen molar-refractivity contribution in [2.24, 2.45) is 5.92 Å². The highest BCUT2D eigenvalue weighted by Gasteiger charge is 2.32. The summed E-state index contributed by atoms with van der Waals surface area (Å²) in [6, 6.07) is 12.9. The summed E-state index contributed by atoms with van der Waals surface area (Å²) in [7, 11) is 0. The van der Waals surface area contributed by atoms with Crippen LogP contribution < -0.4 is 5.32 Å². The molecule has 0 radical (unpaired) electrons. The Morgan fingerprint density at radius 2 is 1.82 bits per heavy atom. The number of carbonyl (C=O) groups excluding carboxylic acids is 2. The minimum Gasteiger partial charge on any atom is -0.458 e. The first-order valence-corrected chi connectivity index (χ1v) is 13.5. The number of nitrogens with one attached hydrogen (secondary N) is 1. The van der Waals surface area contributed by atoms with E-state index in [0.717, 1.165) is 22.9 Å². The lowest BCUT2D eigenvalue weighted by Crippen LogP contribution is -2.32. The summed E-state index contributed by atoms with van der Waals surface area (Å²) in [6.45, 7) is 5.54. The van der Waals surface area contributed by atoms with Crippen LogP contribution in [0.2, 0.25) is 5.02 Å². The molecule has 0 saturated heterocycles. The topological polar surface area (TPSA) is 68.5 Å². The number of alkyl halides is 2. The van der Waals surface area contributed by atoms with E-state index in [9.17, 15) is 18.4 Å². The fourth-order valence-corrected chi connectivity index (χ4v) is 5.11. The molecule has 3 aromatic rings. The predicted octanol–water partition coefficient (Wildman–Crippen LogP) is 8.96. The number of ether oxygens (including phenoxy) is 1. The van der Waals surface area contributed by atoms with Crippen LogP contribution in [-0.2, 0) is 11.3 Å². The third-order valence-corrected chi connectivity index (χ3v) is 7.10. The van der Waals surface area contributed by atoms with Gasteiger partial charge in [-0.2, -0.15) is 0 Å². The number of Topliss-reactive ketones (excluding diaryl/α,β-unsaturated/α-hetero) is 1. The Bertz CT molecular complexity index is 1290. The molecular weight excluding hydrogens is 512 g/mol. The zero-order chi connectivity index (χ0) is 27.5. The van der Waals surface area contributed by atoms with E-state index >= 15 is 0 Å². The smallest absolute Gasteiger partial charge is 0.408 e. The van der Waals surface area contributed by atoms with Gasteiger partial charge in [0.05, 0.1) is 11.6 Å². The number of halogens is 3. The zero-order valence-electron chi connectivity index (χ0n) is 22.0. The molecule has 1 fully saturated rings. The van der Waals surface area contributed by atoms with E-state index in [1.165, 1.54) is 0 Å². The molecule has 1 saturated carbocycles. The number of rotatable bonds is 7. The van der Waals surface area contributed by atoms with Crippen LogP contribution >= 0.6 is 11.6 Å². The summed E-state index contributed by atoms with van der Waals surface area (Å²) in [5, 5.41) is 3.91. The normalized spacial score (nSPS) is 17.7. The second kappa shape index (κ2) is 11.4. The molecule has 1 aliphatic carbocycles. The molecule has 0 aliphatic heterocycles. The van der Waals surface area contributed by atoms with Crippen LogP contribution in [0.25, 0.3) is 22.1 Å². The molecule has 2 aromatic carbocycles. The lowest BCUT2D eigenvalue weighted by atomic mass is 9.92. The van der Waals surface area contributed by atoms with Gasteiger partial charge in [-0.25, -0.2) is 13.6 Å². The Hall–Kier alpha value is -2.93. The molecule has 1 aliphatic rings. The predicted molar refractivity (Wildman–Crippen MR) is 145 cm³/mol. The summed E-state index contributed by atoms with van der Waals surface area (Å²) < 4.78 is 38.3. The van der Waals surface area contributed by atoms with Crippen molar-refractivity contribution >= 4 is 34.4 Å². The number of amides is 1. The van der Waals surface area contributed by atoms with Gasteiger partial charge in [0, 0.05) is 30.2 Å². The van der Waals surface area contributed by atoms with Crippen molar-refractivity contribution < 1.29 is 27.5 Å². The highest BCUT2D eigenvalue weighted by molar-refractivity contribution is 6.35. The first-order chi connectivity index (χ1) is 17.9. The first kappa shape index (κ1) is 28.1. The van der Waals surface area contributed by atoms with E-state index in [2.05, 4.69) is 5.32 Å². The van der Waals surface area contributed by atoms with Crippen molar-refractivity contribution in [2.45, 2.75) is 83.8 Å². The van der Waals surface area contributed by atoms with Gasteiger partial charge in [-0.15, -0.1) is 0 Å². The second-order valence-corrected chi connectivity index (χ2v) is 11.5. The average Bonchev–Trinajstić information content (AvgIpc) is 3.18. The van der Waals surface area contributed by atoms with Gasteiger partial charge < -0.3 is 14.5 Å². The monoisotopic (exact) mass is 545 g/mol. The maximum atomic E-state index is 13.6. The fraction of sp³-hybridized carbons (Fsp3) is 0.467. The Morgan fingerprint density at radius 3 is 2.53 bits per heavy atom. The van der Waals surface area contributed by atoms with Crippen molar-refractivity contribution in [3.63, 3.8) is 0 Å². The maximum Gasteiger partial charge on any atom is 0.408 e. The number of alkyl carbamates (subject to hydrolysis) is 1. The Kier molecular flexibility index (Phi) is 8.46. The van der Waals surface area contributed by atoms with Gasteiger partial charge in [0.2, 0.25) is 5.92 Å². The zero-order valence-corrected chi connectivity index (χ0v) is 22.8. The van der Waals surface area contributed by atoms with Crippen molar-refractivity contribution in [3.05, 3.63) is 58.8 Å². The van der Waals surface area contributed by atoms with Crippen molar-refractivity contribution in [1.29, 1.82) is 0 Å². The van der Waals surface area contributed by atoms with Gasteiger partial charge in [-0.3, -0.25) is 4.79 Å². The van der Waals surface area contributed by atoms with E-state index in [1.54, 1.807) is 39.0 Å². The molecular formula is C30H34ClF2NO4. The quantitative estimate of drug-likeness (QED) is 0.237. The number of fused-ring (bicyclic) bond motifs is 1. The number of carbonyl (C=O) groups is 2. The van der Waals surface area contributed by atoms with E-state index in [0.29, 0.717) is 47.6 Å². The summed E-state index contributed by atoms with van der Waals surface area (Å²) in [6.07, 6.45) is 2.12. The second-order valence-electron chi connectivity index (χ2n) is 11.1. The van der Waals surface area contributed by atoms with Crippen LogP contribution in [-0.4, -0.2) is 23.4 Å². The Labute approximate surface area is 226 Å². The van der Waals surface area contributed by atoms with E-state index in [1.807, 2.05) is 24.3 Å². The highest BCUT2D eigenvalue weighted by Crippen LogP contribution is 2.36. The van der Waals surface area contributed by atoms with Gasteiger partial charge in [-0.1, -0.05) is 42.3 Å². The molecule has 1 heterocycles. The first-order valence-electron chi connectivity index (χ1n) is 13.1. The average molecular weight is 546 g/mol. The standard InChI is InChI=1S/C30H34ClF2NO4/c1-29(2,3)38-28(36)34-18-24-16-23-15-22(17-25(31)27(23)37-24)20-7-9-21(10-8-20)26(35)11-6-19-5-4-13-30(32,33)14-12-19/h7-10,15-17,19H,4-6,11-14,18H2,1-3H3,(H,34,36). The molecule has 1 unspecified atom stereocenters. The molecule has 0 bridgehead atoms. The van der Waals surface area contributed by atoms with Crippen molar-refractivity contribution in [2.75, 3.05) is 0 Å².